The largest absolute Gasteiger partial charge is 0.365 e. The zero-order valence-electron chi connectivity index (χ0n) is 12.9. The highest BCUT2D eigenvalue weighted by atomic mass is 19.1. The maximum Gasteiger partial charge on any atom is 0.253 e. The molecule has 0 aliphatic carbocycles. The SMILES string of the molecule is CC(C)N1CCCC(c2nc3c(C(N)=O)c(F)ccc3[nH]2)C1. The van der Waals surface area contributed by atoms with Crippen molar-refractivity contribution < 1.29 is 9.18 Å². The van der Waals surface area contributed by atoms with Gasteiger partial charge in [-0.15, -0.1) is 0 Å². The Morgan fingerprint density at radius 1 is 1.50 bits per heavy atom. The van der Waals surface area contributed by atoms with Crippen molar-refractivity contribution in [3.63, 3.8) is 0 Å². The Hall–Kier alpha value is -1.95. The number of H-pyrrole nitrogens is 1. The van der Waals surface area contributed by atoms with Crippen LogP contribution in [0.3, 0.4) is 0 Å². The lowest BCUT2D eigenvalue weighted by Crippen LogP contribution is -2.39. The normalized spacial score (nSPS) is 19.9. The maximum atomic E-state index is 13.8. The second-order valence-electron chi connectivity index (χ2n) is 6.23. The molecule has 1 unspecified atom stereocenters. The van der Waals surface area contributed by atoms with Crippen LogP contribution in [0.4, 0.5) is 4.39 Å². The van der Waals surface area contributed by atoms with Gasteiger partial charge in [-0.2, -0.15) is 0 Å². The summed E-state index contributed by atoms with van der Waals surface area (Å²) in [5, 5.41) is 0. The zero-order valence-corrected chi connectivity index (χ0v) is 12.9. The summed E-state index contributed by atoms with van der Waals surface area (Å²) < 4.78 is 13.8. The van der Waals surface area contributed by atoms with Crippen LogP contribution in [0.1, 0.15) is 48.8 Å². The van der Waals surface area contributed by atoms with Gasteiger partial charge >= 0.3 is 0 Å². The first kappa shape index (κ1) is 15.0. The van der Waals surface area contributed by atoms with Crippen molar-refractivity contribution in [2.24, 2.45) is 5.73 Å². The second-order valence-corrected chi connectivity index (χ2v) is 6.23. The number of carbonyl (C=O) groups excluding carboxylic acids is 1. The van der Waals surface area contributed by atoms with E-state index in [1.54, 1.807) is 6.07 Å². The molecule has 1 aliphatic rings. The van der Waals surface area contributed by atoms with Gasteiger partial charge in [0.1, 0.15) is 22.7 Å². The molecule has 3 rings (SSSR count). The Balaban J connectivity index is 1.98. The monoisotopic (exact) mass is 304 g/mol. The maximum absolute atomic E-state index is 13.8. The molecule has 1 aromatic heterocycles. The van der Waals surface area contributed by atoms with Gasteiger partial charge in [0.05, 0.1) is 5.52 Å². The number of primary amides is 1. The molecule has 0 bridgehead atoms. The van der Waals surface area contributed by atoms with Crippen LogP contribution in [0.15, 0.2) is 12.1 Å². The van der Waals surface area contributed by atoms with Crippen molar-refractivity contribution in [1.29, 1.82) is 0 Å². The number of likely N-dealkylation sites (tertiary alicyclic amines) is 1. The van der Waals surface area contributed by atoms with Crippen molar-refractivity contribution in [3.05, 3.63) is 29.3 Å². The van der Waals surface area contributed by atoms with E-state index < -0.39 is 11.7 Å². The fraction of sp³-hybridized carbons (Fsp3) is 0.500. The summed E-state index contributed by atoms with van der Waals surface area (Å²) in [7, 11) is 0. The van der Waals surface area contributed by atoms with Crippen LogP contribution in [0, 0.1) is 5.82 Å². The van der Waals surface area contributed by atoms with E-state index in [0.717, 1.165) is 31.8 Å². The van der Waals surface area contributed by atoms with E-state index in [1.165, 1.54) is 6.07 Å². The number of halogens is 1. The fourth-order valence-corrected chi connectivity index (χ4v) is 3.20. The predicted molar refractivity (Wildman–Crippen MR) is 83.3 cm³/mol. The van der Waals surface area contributed by atoms with Crippen molar-refractivity contribution in [3.8, 4) is 0 Å². The summed E-state index contributed by atoms with van der Waals surface area (Å²) in [6, 6.07) is 3.35. The standard InChI is InChI=1S/C16H21FN4O/c1-9(2)21-7-3-4-10(8-21)16-19-12-6-5-11(17)13(15(18)22)14(12)20-16/h5-6,9-10H,3-4,7-8H2,1-2H3,(H2,18,22)(H,19,20). The summed E-state index contributed by atoms with van der Waals surface area (Å²) in [6.07, 6.45) is 2.15. The average Bonchev–Trinajstić information content (AvgIpc) is 2.90. The highest BCUT2D eigenvalue weighted by Gasteiger charge is 2.26. The van der Waals surface area contributed by atoms with Crippen molar-refractivity contribution >= 4 is 16.9 Å². The molecule has 22 heavy (non-hydrogen) atoms. The lowest BCUT2D eigenvalue weighted by molar-refractivity contribution is 0.0998. The third-order valence-corrected chi connectivity index (χ3v) is 4.44. The number of benzene rings is 1. The Morgan fingerprint density at radius 3 is 2.95 bits per heavy atom. The first-order valence-corrected chi connectivity index (χ1v) is 7.69. The van der Waals surface area contributed by atoms with E-state index in [-0.39, 0.29) is 11.5 Å². The second kappa shape index (κ2) is 5.68. The van der Waals surface area contributed by atoms with Gasteiger partial charge in [0.15, 0.2) is 0 Å². The zero-order chi connectivity index (χ0) is 15.9. The molecule has 1 fully saturated rings. The molecule has 5 nitrogen and oxygen atoms in total. The summed E-state index contributed by atoms with van der Waals surface area (Å²) in [5.41, 5.74) is 6.16. The quantitative estimate of drug-likeness (QED) is 0.914. The number of hydrogen-bond acceptors (Lipinski definition) is 3. The van der Waals surface area contributed by atoms with Gasteiger partial charge in [-0.05, 0) is 45.4 Å². The topological polar surface area (TPSA) is 75.0 Å². The summed E-state index contributed by atoms with van der Waals surface area (Å²) in [5.74, 6) is -0.320. The third-order valence-electron chi connectivity index (χ3n) is 4.44. The van der Waals surface area contributed by atoms with Crippen LogP contribution in [0.25, 0.3) is 11.0 Å². The highest BCUT2D eigenvalue weighted by Crippen LogP contribution is 2.29. The highest BCUT2D eigenvalue weighted by molar-refractivity contribution is 6.04. The third kappa shape index (κ3) is 2.59. The Labute approximate surface area is 128 Å². The molecule has 6 heteroatoms. The summed E-state index contributed by atoms with van der Waals surface area (Å²) in [6.45, 7) is 6.38. The molecule has 1 amide bonds. The van der Waals surface area contributed by atoms with Gasteiger partial charge in [-0.25, -0.2) is 9.37 Å². The lowest BCUT2D eigenvalue weighted by Gasteiger charge is -2.34. The number of aromatic amines is 1. The number of piperidine rings is 1. The fourth-order valence-electron chi connectivity index (χ4n) is 3.20. The van der Waals surface area contributed by atoms with Crippen molar-refractivity contribution in [2.45, 2.75) is 38.6 Å². The van der Waals surface area contributed by atoms with Gasteiger partial charge < -0.3 is 15.6 Å². The molecule has 0 radical (unpaired) electrons. The van der Waals surface area contributed by atoms with Crippen LogP contribution >= 0.6 is 0 Å². The van der Waals surface area contributed by atoms with E-state index in [2.05, 4.69) is 28.7 Å². The molecule has 1 atom stereocenters. The number of rotatable bonds is 3. The number of aromatic nitrogens is 2. The molecule has 118 valence electrons. The molecule has 2 heterocycles. The molecular formula is C16H21FN4O. The minimum atomic E-state index is -0.784. The van der Waals surface area contributed by atoms with Crippen LogP contribution < -0.4 is 5.73 Å². The van der Waals surface area contributed by atoms with E-state index in [0.29, 0.717) is 17.1 Å². The average molecular weight is 304 g/mol. The van der Waals surface area contributed by atoms with Gasteiger partial charge in [-0.1, -0.05) is 0 Å². The molecule has 1 aliphatic heterocycles. The first-order valence-electron chi connectivity index (χ1n) is 7.69. The number of nitrogens with zero attached hydrogens (tertiary/aromatic N) is 2. The number of amides is 1. The van der Waals surface area contributed by atoms with Crippen molar-refractivity contribution in [2.75, 3.05) is 13.1 Å². The van der Waals surface area contributed by atoms with Crippen LogP contribution in [-0.4, -0.2) is 39.9 Å². The number of nitrogens with two attached hydrogens (primary N) is 1. The van der Waals surface area contributed by atoms with E-state index >= 15 is 0 Å². The summed E-state index contributed by atoms with van der Waals surface area (Å²) >= 11 is 0. The Bertz CT molecular complexity index is 709. The number of fused-ring (bicyclic) bond motifs is 1. The van der Waals surface area contributed by atoms with Gasteiger partial charge in [0.25, 0.3) is 5.91 Å². The molecule has 1 aromatic carbocycles. The van der Waals surface area contributed by atoms with Gasteiger partial charge in [0.2, 0.25) is 0 Å². The molecular weight excluding hydrogens is 283 g/mol. The number of carbonyl (C=O) groups is 1. The van der Waals surface area contributed by atoms with Crippen LogP contribution in [0.2, 0.25) is 0 Å². The van der Waals surface area contributed by atoms with Crippen LogP contribution in [-0.2, 0) is 0 Å². The minimum absolute atomic E-state index is 0.128. The van der Waals surface area contributed by atoms with Crippen LogP contribution in [0.5, 0.6) is 0 Å². The molecule has 0 spiro atoms. The number of nitrogens with one attached hydrogen (secondary N) is 1. The predicted octanol–water partition coefficient (Wildman–Crippen LogP) is 2.39. The number of hydrogen-bond donors (Lipinski definition) is 2. The molecule has 2 aromatic rings. The van der Waals surface area contributed by atoms with Gasteiger partial charge in [-0.3, -0.25) is 4.79 Å². The smallest absolute Gasteiger partial charge is 0.253 e. The summed E-state index contributed by atoms with van der Waals surface area (Å²) in [4.78, 5) is 21.6. The molecule has 3 N–H and O–H groups in total. The number of imidazole rings is 1. The minimum Gasteiger partial charge on any atom is -0.365 e. The molecule has 0 saturated carbocycles. The first-order chi connectivity index (χ1) is 10.5. The van der Waals surface area contributed by atoms with Gasteiger partial charge in [0, 0.05) is 18.5 Å². The molecule has 1 saturated heterocycles. The van der Waals surface area contributed by atoms with E-state index in [9.17, 15) is 9.18 Å². The van der Waals surface area contributed by atoms with E-state index in [1.807, 2.05) is 0 Å². The Kier molecular flexibility index (Phi) is 3.87. The Morgan fingerprint density at radius 2 is 2.27 bits per heavy atom. The van der Waals surface area contributed by atoms with Crippen molar-refractivity contribution in [1.82, 2.24) is 14.9 Å². The van der Waals surface area contributed by atoms with E-state index in [4.69, 9.17) is 5.73 Å². The lowest BCUT2D eigenvalue weighted by atomic mass is 9.96.